The number of nitrogens with one attached hydrogen (secondary N) is 1. The van der Waals surface area contributed by atoms with Crippen LogP contribution in [-0.2, 0) is 10.0 Å². The maximum Gasteiger partial charge on any atom is 0.318 e. The minimum absolute atomic E-state index is 0.0806. The number of hydrogen-bond acceptors (Lipinski definition) is 8. The van der Waals surface area contributed by atoms with Crippen molar-refractivity contribution in [1.29, 1.82) is 0 Å². The van der Waals surface area contributed by atoms with Gasteiger partial charge in [-0.25, -0.2) is 13.4 Å². The lowest BCUT2D eigenvalue weighted by molar-refractivity contribution is -0.385. The van der Waals surface area contributed by atoms with Gasteiger partial charge >= 0.3 is 6.01 Å². The Bertz CT molecular complexity index is 869. The molecule has 24 heavy (non-hydrogen) atoms. The summed E-state index contributed by atoms with van der Waals surface area (Å²) in [6.07, 6.45) is 1.26. The zero-order chi connectivity index (χ0) is 17.9. The van der Waals surface area contributed by atoms with Crippen LogP contribution in [0.4, 0.5) is 17.2 Å². The first-order valence-corrected chi connectivity index (χ1v) is 8.08. The van der Waals surface area contributed by atoms with E-state index in [4.69, 9.17) is 4.74 Å². The highest BCUT2D eigenvalue weighted by Gasteiger charge is 2.21. The molecule has 11 heteroatoms. The van der Waals surface area contributed by atoms with E-state index in [9.17, 15) is 18.5 Å². The molecule has 0 aliphatic rings. The highest BCUT2D eigenvalue weighted by atomic mass is 32.2. The van der Waals surface area contributed by atoms with Crippen molar-refractivity contribution in [1.82, 2.24) is 9.97 Å². The van der Waals surface area contributed by atoms with Crippen LogP contribution < -0.4 is 14.4 Å². The van der Waals surface area contributed by atoms with Gasteiger partial charge in [-0.05, 0) is 6.07 Å². The molecule has 2 rings (SSSR count). The number of anilines is 2. The van der Waals surface area contributed by atoms with E-state index in [0.29, 0.717) is 0 Å². The Labute approximate surface area is 138 Å². The van der Waals surface area contributed by atoms with Gasteiger partial charge in [-0.2, -0.15) is 4.98 Å². The highest BCUT2D eigenvalue weighted by Crippen LogP contribution is 2.26. The van der Waals surface area contributed by atoms with Gasteiger partial charge in [0.15, 0.2) is 5.82 Å². The molecule has 0 atom stereocenters. The largest absolute Gasteiger partial charge is 0.467 e. The molecular formula is C13H15N5O5S. The summed E-state index contributed by atoms with van der Waals surface area (Å²) in [7, 11) is 0.691. The molecule has 2 aromatic rings. The smallest absolute Gasteiger partial charge is 0.318 e. The number of benzene rings is 1. The van der Waals surface area contributed by atoms with E-state index >= 15 is 0 Å². The standard InChI is InChI=1S/C13H15N5O5S/c1-17(2)12-11(8-14-13(15-12)23-3)16-24(21,22)10-6-4-5-9(7-10)18(19)20/h4-8,16H,1-3H3. The lowest BCUT2D eigenvalue weighted by atomic mass is 10.3. The number of nitrogens with zero attached hydrogens (tertiary/aromatic N) is 4. The Balaban J connectivity index is 2.43. The minimum Gasteiger partial charge on any atom is -0.467 e. The van der Waals surface area contributed by atoms with E-state index in [0.717, 1.165) is 6.07 Å². The molecule has 0 radical (unpaired) electrons. The number of nitro groups is 1. The van der Waals surface area contributed by atoms with Gasteiger partial charge in [-0.15, -0.1) is 0 Å². The molecule has 0 aliphatic carbocycles. The van der Waals surface area contributed by atoms with Crippen LogP contribution in [0.5, 0.6) is 6.01 Å². The fourth-order valence-electron chi connectivity index (χ4n) is 1.84. The maximum absolute atomic E-state index is 12.5. The first-order valence-electron chi connectivity index (χ1n) is 6.60. The van der Waals surface area contributed by atoms with Crippen LogP contribution in [0.15, 0.2) is 35.4 Å². The molecule has 0 aliphatic heterocycles. The topological polar surface area (TPSA) is 128 Å². The van der Waals surface area contributed by atoms with E-state index in [1.54, 1.807) is 19.0 Å². The summed E-state index contributed by atoms with van der Waals surface area (Å²) in [5.41, 5.74) is -0.205. The first-order chi connectivity index (χ1) is 11.2. The molecule has 0 unspecified atom stereocenters. The number of sulfonamides is 1. The third kappa shape index (κ3) is 3.68. The molecule has 0 spiro atoms. The van der Waals surface area contributed by atoms with Crippen LogP contribution >= 0.6 is 0 Å². The average molecular weight is 353 g/mol. The molecule has 1 aromatic heterocycles. The lowest BCUT2D eigenvalue weighted by Gasteiger charge is -2.17. The summed E-state index contributed by atoms with van der Waals surface area (Å²) in [5.74, 6) is 0.288. The number of methoxy groups -OCH3 is 1. The van der Waals surface area contributed by atoms with E-state index < -0.39 is 14.9 Å². The second kappa shape index (κ2) is 6.66. The monoisotopic (exact) mass is 353 g/mol. The van der Waals surface area contributed by atoms with Crippen LogP contribution in [0, 0.1) is 10.1 Å². The molecule has 0 amide bonds. The van der Waals surface area contributed by atoms with Gasteiger partial charge in [-0.3, -0.25) is 14.8 Å². The van der Waals surface area contributed by atoms with Gasteiger partial charge in [0.25, 0.3) is 15.7 Å². The number of ether oxygens (including phenoxy) is 1. The van der Waals surface area contributed by atoms with E-state index in [1.165, 1.54) is 31.5 Å². The minimum atomic E-state index is -4.05. The van der Waals surface area contributed by atoms with Crippen LogP contribution in [0.3, 0.4) is 0 Å². The van der Waals surface area contributed by atoms with Crippen molar-refractivity contribution in [3.8, 4) is 6.01 Å². The fourth-order valence-corrected chi connectivity index (χ4v) is 2.92. The summed E-state index contributed by atoms with van der Waals surface area (Å²) in [5, 5.41) is 10.8. The quantitative estimate of drug-likeness (QED) is 0.607. The molecule has 0 bridgehead atoms. The molecule has 1 aromatic carbocycles. The van der Waals surface area contributed by atoms with E-state index in [1.807, 2.05) is 0 Å². The summed E-state index contributed by atoms with van der Waals surface area (Å²) < 4.78 is 32.2. The molecule has 0 saturated carbocycles. The normalized spacial score (nSPS) is 11.0. The number of nitro benzene ring substituents is 1. The van der Waals surface area contributed by atoms with Crippen LogP contribution in [0.2, 0.25) is 0 Å². The molecular weight excluding hydrogens is 338 g/mol. The Morgan fingerprint density at radius 2 is 2.04 bits per heavy atom. The second-order valence-electron chi connectivity index (χ2n) is 4.85. The van der Waals surface area contributed by atoms with Crippen LogP contribution in [-0.4, -0.2) is 44.5 Å². The van der Waals surface area contributed by atoms with Gasteiger partial charge < -0.3 is 9.64 Å². The number of rotatable bonds is 6. The molecule has 1 N–H and O–H groups in total. The van der Waals surface area contributed by atoms with Gasteiger partial charge in [-0.1, -0.05) is 6.07 Å². The first kappa shape index (κ1) is 17.4. The second-order valence-corrected chi connectivity index (χ2v) is 6.53. The van der Waals surface area contributed by atoms with Crippen molar-refractivity contribution in [2.75, 3.05) is 30.8 Å². The highest BCUT2D eigenvalue weighted by molar-refractivity contribution is 7.92. The van der Waals surface area contributed by atoms with Gasteiger partial charge in [0, 0.05) is 26.2 Å². The maximum atomic E-state index is 12.5. The Morgan fingerprint density at radius 1 is 1.33 bits per heavy atom. The molecule has 1 heterocycles. The SMILES string of the molecule is COc1ncc(NS(=O)(=O)c2cccc([N+](=O)[O-])c2)c(N(C)C)n1. The summed E-state index contributed by atoms with van der Waals surface area (Å²) in [6, 6.07) is 4.82. The lowest BCUT2D eigenvalue weighted by Crippen LogP contribution is -2.19. The third-order valence-corrected chi connectivity index (χ3v) is 4.30. The Kier molecular flexibility index (Phi) is 4.83. The van der Waals surface area contributed by atoms with Crippen molar-refractivity contribution < 1.29 is 18.1 Å². The predicted octanol–water partition coefficient (Wildman–Crippen LogP) is 1.26. The fraction of sp³-hybridized carbons (Fsp3) is 0.231. The van der Waals surface area contributed by atoms with E-state index in [-0.39, 0.29) is 28.1 Å². The summed E-state index contributed by atoms with van der Waals surface area (Å²) in [6.45, 7) is 0. The van der Waals surface area contributed by atoms with Crippen molar-refractivity contribution in [2.24, 2.45) is 0 Å². The number of aromatic nitrogens is 2. The van der Waals surface area contributed by atoms with Crippen molar-refractivity contribution in [3.63, 3.8) is 0 Å². The molecule has 0 saturated heterocycles. The predicted molar refractivity (Wildman–Crippen MR) is 86.8 cm³/mol. The Hall–Kier alpha value is -2.95. The summed E-state index contributed by atoms with van der Waals surface area (Å²) >= 11 is 0. The van der Waals surface area contributed by atoms with Gasteiger partial charge in [0.2, 0.25) is 0 Å². The van der Waals surface area contributed by atoms with Crippen molar-refractivity contribution in [3.05, 3.63) is 40.6 Å². The molecule has 10 nitrogen and oxygen atoms in total. The van der Waals surface area contributed by atoms with Gasteiger partial charge in [0.05, 0.1) is 23.1 Å². The zero-order valence-electron chi connectivity index (χ0n) is 13.1. The van der Waals surface area contributed by atoms with Crippen molar-refractivity contribution >= 4 is 27.2 Å². The molecule has 128 valence electrons. The average Bonchev–Trinajstić information content (AvgIpc) is 2.54. The zero-order valence-corrected chi connectivity index (χ0v) is 13.9. The number of hydrogen-bond donors (Lipinski definition) is 1. The van der Waals surface area contributed by atoms with Crippen LogP contribution in [0.1, 0.15) is 0 Å². The van der Waals surface area contributed by atoms with Crippen molar-refractivity contribution in [2.45, 2.75) is 4.90 Å². The molecule has 0 fully saturated rings. The summed E-state index contributed by atoms with van der Waals surface area (Å²) in [4.78, 5) is 19.4. The number of non-ortho nitro benzene ring substituents is 1. The Morgan fingerprint density at radius 3 is 2.62 bits per heavy atom. The van der Waals surface area contributed by atoms with E-state index in [2.05, 4.69) is 14.7 Å². The third-order valence-electron chi connectivity index (χ3n) is 2.94. The van der Waals surface area contributed by atoms with Gasteiger partial charge in [0.1, 0.15) is 5.69 Å². The van der Waals surface area contributed by atoms with Crippen LogP contribution in [0.25, 0.3) is 0 Å².